The summed E-state index contributed by atoms with van der Waals surface area (Å²) in [4.78, 5) is 11.5. The van der Waals surface area contributed by atoms with Gasteiger partial charge in [0.1, 0.15) is 17.9 Å². The molecular formula is C6H4N6. The first-order valence-corrected chi connectivity index (χ1v) is 3.16. The SMILES string of the molecule is N#Cc1ncc2ncn(N)c2n1. The number of aromatic nitrogens is 4. The Hall–Kier alpha value is -2.16. The van der Waals surface area contributed by atoms with Crippen molar-refractivity contribution in [1.82, 2.24) is 19.6 Å². The molecule has 2 aromatic rings. The lowest BCUT2D eigenvalue weighted by atomic mass is 10.5. The van der Waals surface area contributed by atoms with Crippen LogP contribution in [0.5, 0.6) is 0 Å². The summed E-state index contributed by atoms with van der Waals surface area (Å²) in [5, 5.41) is 8.48. The predicted octanol–water partition coefficient (Wildman–Crippen LogP) is -0.588. The van der Waals surface area contributed by atoms with Crippen LogP contribution in [0.1, 0.15) is 5.82 Å². The second kappa shape index (κ2) is 2.17. The molecule has 0 saturated carbocycles. The Kier molecular flexibility index (Phi) is 1.18. The van der Waals surface area contributed by atoms with E-state index in [0.717, 1.165) is 0 Å². The lowest BCUT2D eigenvalue weighted by Crippen LogP contribution is -2.07. The minimum Gasteiger partial charge on any atom is -0.336 e. The molecule has 0 aliphatic carbocycles. The van der Waals surface area contributed by atoms with E-state index >= 15 is 0 Å². The van der Waals surface area contributed by atoms with E-state index in [1.54, 1.807) is 0 Å². The van der Waals surface area contributed by atoms with E-state index in [1.165, 1.54) is 17.2 Å². The number of hydrogen-bond donors (Lipinski definition) is 1. The third kappa shape index (κ3) is 0.769. The second-order valence-electron chi connectivity index (χ2n) is 2.17. The van der Waals surface area contributed by atoms with Gasteiger partial charge in [-0.2, -0.15) is 10.2 Å². The summed E-state index contributed by atoms with van der Waals surface area (Å²) in [6.45, 7) is 0. The van der Waals surface area contributed by atoms with Gasteiger partial charge in [-0.15, -0.1) is 0 Å². The van der Waals surface area contributed by atoms with Crippen molar-refractivity contribution in [3.8, 4) is 6.07 Å². The maximum absolute atomic E-state index is 8.48. The Morgan fingerprint density at radius 2 is 2.33 bits per heavy atom. The first-order chi connectivity index (χ1) is 5.81. The van der Waals surface area contributed by atoms with E-state index in [-0.39, 0.29) is 5.82 Å². The van der Waals surface area contributed by atoms with Crippen molar-refractivity contribution in [3.63, 3.8) is 0 Å². The minimum atomic E-state index is 0.0923. The van der Waals surface area contributed by atoms with E-state index in [0.29, 0.717) is 11.2 Å². The fraction of sp³-hybridized carbons (Fsp3) is 0. The molecular weight excluding hydrogens is 156 g/mol. The molecule has 0 aliphatic heterocycles. The third-order valence-corrected chi connectivity index (χ3v) is 1.42. The van der Waals surface area contributed by atoms with Crippen LogP contribution in [0.15, 0.2) is 12.5 Å². The molecule has 0 unspecified atom stereocenters. The maximum atomic E-state index is 8.48. The van der Waals surface area contributed by atoms with Crippen LogP contribution in [0.4, 0.5) is 0 Å². The normalized spacial score (nSPS) is 9.92. The molecule has 2 N–H and O–H groups in total. The molecule has 0 aromatic carbocycles. The largest absolute Gasteiger partial charge is 0.336 e. The zero-order chi connectivity index (χ0) is 8.55. The van der Waals surface area contributed by atoms with Crippen LogP contribution in [0.25, 0.3) is 11.2 Å². The number of rotatable bonds is 0. The van der Waals surface area contributed by atoms with Crippen molar-refractivity contribution in [2.75, 3.05) is 5.84 Å². The topological polar surface area (TPSA) is 93.4 Å². The maximum Gasteiger partial charge on any atom is 0.234 e. The van der Waals surface area contributed by atoms with Gasteiger partial charge in [0.05, 0.1) is 6.20 Å². The van der Waals surface area contributed by atoms with Crippen LogP contribution >= 0.6 is 0 Å². The van der Waals surface area contributed by atoms with Gasteiger partial charge < -0.3 is 5.84 Å². The highest BCUT2D eigenvalue weighted by molar-refractivity contribution is 5.69. The highest BCUT2D eigenvalue weighted by atomic mass is 15.3. The smallest absolute Gasteiger partial charge is 0.234 e. The highest BCUT2D eigenvalue weighted by Gasteiger charge is 2.02. The van der Waals surface area contributed by atoms with Gasteiger partial charge in [-0.25, -0.2) is 14.6 Å². The van der Waals surface area contributed by atoms with Crippen molar-refractivity contribution in [3.05, 3.63) is 18.3 Å². The summed E-state index contributed by atoms with van der Waals surface area (Å²) < 4.78 is 1.25. The van der Waals surface area contributed by atoms with E-state index in [2.05, 4.69) is 15.0 Å². The van der Waals surface area contributed by atoms with E-state index in [9.17, 15) is 0 Å². The van der Waals surface area contributed by atoms with Crippen LogP contribution in [-0.2, 0) is 0 Å². The predicted molar refractivity (Wildman–Crippen MR) is 40.2 cm³/mol. The third-order valence-electron chi connectivity index (χ3n) is 1.42. The van der Waals surface area contributed by atoms with Crippen LogP contribution in [-0.4, -0.2) is 19.6 Å². The van der Waals surface area contributed by atoms with E-state index in [1.807, 2.05) is 6.07 Å². The molecule has 2 heterocycles. The van der Waals surface area contributed by atoms with Crippen LogP contribution in [0.3, 0.4) is 0 Å². The number of hydrogen-bond acceptors (Lipinski definition) is 5. The molecule has 0 radical (unpaired) electrons. The molecule has 58 valence electrons. The van der Waals surface area contributed by atoms with Crippen molar-refractivity contribution >= 4 is 11.2 Å². The zero-order valence-corrected chi connectivity index (χ0v) is 5.97. The molecule has 0 bridgehead atoms. The number of nitriles is 1. The van der Waals surface area contributed by atoms with Gasteiger partial charge >= 0.3 is 0 Å². The van der Waals surface area contributed by atoms with Gasteiger partial charge in [-0.3, -0.25) is 0 Å². The molecule has 2 rings (SSSR count). The molecule has 0 fully saturated rings. The summed E-state index contributed by atoms with van der Waals surface area (Å²) in [6, 6.07) is 1.82. The first kappa shape index (κ1) is 6.54. The van der Waals surface area contributed by atoms with Gasteiger partial charge in [-0.1, -0.05) is 0 Å². The van der Waals surface area contributed by atoms with Gasteiger partial charge in [-0.05, 0) is 0 Å². The van der Waals surface area contributed by atoms with E-state index in [4.69, 9.17) is 11.1 Å². The molecule has 2 aromatic heterocycles. The standard InChI is InChI=1S/C6H4N6/c7-1-5-9-2-4-6(11-5)12(8)3-10-4/h2-3H,8H2. The first-order valence-electron chi connectivity index (χ1n) is 3.16. The molecule has 0 spiro atoms. The average molecular weight is 160 g/mol. The van der Waals surface area contributed by atoms with Gasteiger partial charge in [0.25, 0.3) is 0 Å². The monoisotopic (exact) mass is 160 g/mol. The minimum absolute atomic E-state index is 0.0923. The Balaban J connectivity index is 2.82. The average Bonchev–Trinajstić information content (AvgIpc) is 2.47. The lowest BCUT2D eigenvalue weighted by molar-refractivity contribution is 1.00. The number of nitrogens with two attached hydrogens (primary N) is 1. The quantitative estimate of drug-likeness (QED) is 0.520. The van der Waals surface area contributed by atoms with Crippen molar-refractivity contribution in [2.45, 2.75) is 0 Å². The summed E-state index contributed by atoms with van der Waals surface area (Å²) in [5.41, 5.74) is 1.04. The Morgan fingerprint density at radius 1 is 1.50 bits per heavy atom. The van der Waals surface area contributed by atoms with Crippen molar-refractivity contribution < 1.29 is 0 Å². The summed E-state index contributed by atoms with van der Waals surface area (Å²) in [7, 11) is 0. The Labute approximate surface area is 67.3 Å². The van der Waals surface area contributed by atoms with Crippen LogP contribution in [0.2, 0.25) is 0 Å². The Bertz CT molecular complexity index is 464. The number of imidazole rings is 1. The molecule has 6 heteroatoms. The molecule has 0 atom stereocenters. The van der Waals surface area contributed by atoms with Gasteiger partial charge in [0, 0.05) is 0 Å². The fourth-order valence-corrected chi connectivity index (χ4v) is 0.881. The number of fused-ring (bicyclic) bond motifs is 1. The van der Waals surface area contributed by atoms with Gasteiger partial charge in [0.15, 0.2) is 5.65 Å². The van der Waals surface area contributed by atoms with Crippen molar-refractivity contribution in [1.29, 1.82) is 5.26 Å². The molecule has 6 nitrogen and oxygen atoms in total. The van der Waals surface area contributed by atoms with Crippen LogP contribution < -0.4 is 5.84 Å². The summed E-state index contributed by atoms with van der Waals surface area (Å²) in [5.74, 6) is 5.55. The molecule has 12 heavy (non-hydrogen) atoms. The lowest BCUT2D eigenvalue weighted by Gasteiger charge is -1.91. The number of nitrogens with zero attached hydrogens (tertiary/aromatic N) is 5. The molecule has 0 aliphatic rings. The highest BCUT2D eigenvalue weighted by Crippen LogP contribution is 2.04. The zero-order valence-electron chi connectivity index (χ0n) is 5.97. The number of nitrogen functional groups attached to an aromatic ring is 1. The van der Waals surface area contributed by atoms with E-state index < -0.39 is 0 Å². The summed E-state index contributed by atoms with van der Waals surface area (Å²) in [6.07, 6.45) is 2.88. The Morgan fingerprint density at radius 3 is 3.08 bits per heavy atom. The van der Waals surface area contributed by atoms with Crippen LogP contribution in [0, 0.1) is 11.3 Å². The fourth-order valence-electron chi connectivity index (χ4n) is 0.881. The van der Waals surface area contributed by atoms with Crippen molar-refractivity contribution in [2.24, 2.45) is 0 Å². The summed E-state index contributed by atoms with van der Waals surface area (Å²) >= 11 is 0. The molecule has 0 saturated heterocycles. The second-order valence-corrected chi connectivity index (χ2v) is 2.17. The van der Waals surface area contributed by atoms with Gasteiger partial charge in [0.2, 0.25) is 5.82 Å². The molecule has 0 amide bonds.